The summed E-state index contributed by atoms with van der Waals surface area (Å²) in [7, 11) is 2.16. The summed E-state index contributed by atoms with van der Waals surface area (Å²) in [5.41, 5.74) is 8.11. The Morgan fingerprint density at radius 1 is 0.704 bits per heavy atom. The van der Waals surface area contributed by atoms with Crippen LogP contribution in [0.1, 0.15) is 101 Å². The molecule has 0 saturated carbocycles. The first-order valence-corrected chi connectivity index (χ1v) is 28.8. The zero-order valence-corrected chi connectivity index (χ0v) is 45.9. The van der Waals surface area contributed by atoms with Crippen molar-refractivity contribution in [3.05, 3.63) is 143 Å². The smallest absolute Gasteiger partial charge is 0.259 e. The van der Waals surface area contributed by atoms with E-state index in [2.05, 4.69) is 92.7 Å². The number of ether oxygens (including phenoxy) is 3. The van der Waals surface area contributed by atoms with Gasteiger partial charge in [-0.15, -0.1) is 0 Å². The molecule has 0 spiro atoms. The zero-order valence-electron chi connectivity index (χ0n) is 45.1. The Kier molecular flexibility index (Phi) is 16.5. The minimum Gasteiger partial charge on any atom is -0.473 e. The van der Waals surface area contributed by atoms with Crippen LogP contribution in [0.4, 0.5) is 31.8 Å². The largest absolute Gasteiger partial charge is 0.473 e. The van der Waals surface area contributed by atoms with E-state index in [1.54, 1.807) is 30.6 Å². The fourth-order valence-corrected chi connectivity index (χ4v) is 12.4. The summed E-state index contributed by atoms with van der Waals surface area (Å²) in [6.45, 7) is 6.87. The van der Waals surface area contributed by atoms with Gasteiger partial charge in [0.05, 0.1) is 28.3 Å². The van der Waals surface area contributed by atoms with E-state index in [0.717, 1.165) is 119 Å². The number of nitrogens with zero attached hydrogens (tertiary/aromatic N) is 7. The second-order valence-electron chi connectivity index (χ2n) is 21.7. The molecule has 0 radical (unpaired) electrons. The third-order valence-corrected chi connectivity index (χ3v) is 16.9. The molecule has 18 nitrogen and oxygen atoms in total. The van der Waals surface area contributed by atoms with Crippen LogP contribution in [0.3, 0.4) is 0 Å². The fourth-order valence-electron chi connectivity index (χ4n) is 11.5. The van der Waals surface area contributed by atoms with Crippen LogP contribution in [-0.4, -0.2) is 135 Å². The van der Waals surface area contributed by atoms with Gasteiger partial charge in [0.25, 0.3) is 11.8 Å². The molecule has 0 aliphatic carbocycles. The monoisotopic (exact) mass is 1120 g/mol. The van der Waals surface area contributed by atoms with Crippen molar-refractivity contribution in [3.63, 3.8) is 0 Å². The number of benzene rings is 3. The van der Waals surface area contributed by atoms with Gasteiger partial charge >= 0.3 is 0 Å². The summed E-state index contributed by atoms with van der Waals surface area (Å²) >= 11 is 1.12. The van der Waals surface area contributed by atoms with E-state index < -0.39 is 11.6 Å². The Morgan fingerprint density at radius 3 is 1.98 bits per heavy atom. The van der Waals surface area contributed by atoms with Gasteiger partial charge in [0.1, 0.15) is 34.3 Å². The number of fused-ring (bicyclic) bond motifs is 2. The first-order valence-electron chi connectivity index (χ1n) is 28.0. The lowest BCUT2D eigenvalue weighted by atomic mass is 9.87. The number of hydrogen-bond acceptors (Lipinski definition) is 15. The van der Waals surface area contributed by atoms with Crippen LogP contribution < -0.4 is 26.0 Å². The first kappa shape index (κ1) is 54.0. The van der Waals surface area contributed by atoms with E-state index in [4.69, 9.17) is 19.2 Å². The number of anilines is 4. The van der Waals surface area contributed by atoms with E-state index in [1.165, 1.54) is 23.3 Å². The number of likely N-dealkylation sites (tertiary alicyclic amines) is 2. The molecule has 0 bridgehead atoms. The molecule has 9 heterocycles. The zero-order chi connectivity index (χ0) is 55.2. The van der Waals surface area contributed by atoms with E-state index in [-0.39, 0.29) is 35.8 Å². The van der Waals surface area contributed by atoms with Crippen molar-refractivity contribution in [1.82, 2.24) is 45.1 Å². The Balaban J connectivity index is 0.697. The molecule has 420 valence electrons. The molecule has 5 aromatic heterocycles. The maximum atomic E-state index is 14.4. The van der Waals surface area contributed by atoms with Gasteiger partial charge in [-0.05, 0) is 168 Å². The number of pyridine rings is 3. The molecule has 12 rings (SSSR count). The van der Waals surface area contributed by atoms with Crippen LogP contribution in [0.15, 0.2) is 113 Å². The number of piperidine rings is 2. The number of carbonyl (C=O) groups excluding carboxylic acids is 2. The number of H-pyrrole nitrogens is 2. The number of aromatic amines is 2. The molecule has 2 atom stereocenters. The number of nitrogens with one attached hydrogen (secondary N) is 6. The van der Waals surface area contributed by atoms with Crippen LogP contribution in [-0.2, 0) is 16.1 Å². The van der Waals surface area contributed by atoms with E-state index >= 15 is 0 Å². The molecule has 6 N–H and O–H groups in total. The Labute approximate surface area is 471 Å². The molecule has 4 saturated heterocycles. The van der Waals surface area contributed by atoms with Gasteiger partial charge in [0, 0.05) is 84.8 Å². The number of amides is 2. The second kappa shape index (κ2) is 24.7. The van der Waals surface area contributed by atoms with Crippen molar-refractivity contribution in [2.75, 3.05) is 80.9 Å². The van der Waals surface area contributed by atoms with Crippen LogP contribution in [0.2, 0.25) is 0 Å². The number of rotatable bonds is 17. The lowest BCUT2D eigenvalue weighted by Crippen LogP contribution is -2.44. The number of aromatic nitrogens is 7. The predicted octanol–water partition coefficient (Wildman–Crippen LogP) is 10.4. The maximum Gasteiger partial charge on any atom is 0.259 e. The SMILES string of the molecule is CN1CCC(c2ccc(C(=O)Nc3n[nH]c4ccc(Sc5cc(F)cc(F)c5)nc34)c(NC3CCOC(CN4CCC(c5ccc(C(=O)Nc6n[nH]c7ccc(OCc8cccnc8)nc67)c(NC6CCOCC6)c5)CC4)C3)c2)CC1. The molecule has 3 aromatic carbocycles. The Bertz CT molecular complexity index is 3490. The van der Waals surface area contributed by atoms with E-state index in [9.17, 15) is 18.4 Å². The Hall–Kier alpha value is -7.56. The van der Waals surface area contributed by atoms with Crippen molar-refractivity contribution >= 4 is 68.7 Å². The minimum atomic E-state index is -0.674. The van der Waals surface area contributed by atoms with Gasteiger partial charge in [0.15, 0.2) is 11.6 Å². The molecule has 81 heavy (non-hydrogen) atoms. The standard InChI is InChI=1S/C60H65F2N13O5S/c1-74-20-12-37(13-21-74)39-4-7-48(60(77)69-58-56-50(71-73-58)9-11-54(67-56)81-46-30-41(61)29-42(62)31-46)52(28-39)65-44-18-26-79-45(32-44)34-75-22-14-38(15-23-75)40-5-6-47(51(27-40)64-43-16-24-78-25-17-43)59(76)68-57-55-49(70-72-57)8-10-53(66-55)80-35-36-3-2-19-63-33-36/h2-11,19,27-31,33,37-38,43-45,64-65H,12-18,20-26,32,34-35H2,1H3,(H2,68,70,72,76)(H2,69,71,73,77). The van der Waals surface area contributed by atoms with Crippen molar-refractivity contribution in [1.29, 1.82) is 0 Å². The molecule has 2 unspecified atom stereocenters. The fraction of sp³-hybridized carbons (Fsp3) is 0.383. The average Bonchev–Trinajstić information content (AvgIpc) is 4.21. The highest BCUT2D eigenvalue weighted by atomic mass is 32.2. The number of halogens is 2. The Morgan fingerprint density at radius 2 is 1.32 bits per heavy atom. The van der Waals surface area contributed by atoms with Crippen LogP contribution in [0.5, 0.6) is 5.88 Å². The molecule has 4 aliphatic rings. The number of carbonyl (C=O) groups is 2. The van der Waals surface area contributed by atoms with Gasteiger partial charge < -0.3 is 45.3 Å². The maximum absolute atomic E-state index is 14.4. The van der Waals surface area contributed by atoms with E-state index in [0.29, 0.717) is 93.1 Å². The average molecular weight is 1120 g/mol. The molecule has 4 fully saturated rings. The van der Waals surface area contributed by atoms with E-state index in [1.807, 2.05) is 30.3 Å². The lowest BCUT2D eigenvalue weighted by molar-refractivity contribution is -0.0136. The minimum absolute atomic E-state index is 0.000404. The number of hydrogen-bond donors (Lipinski definition) is 6. The van der Waals surface area contributed by atoms with Crippen LogP contribution in [0.25, 0.3) is 22.1 Å². The molecule has 2 amide bonds. The summed E-state index contributed by atoms with van der Waals surface area (Å²) in [6, 6.07) is 26.8. The summed E-state index contributed by atoms with van der Waals surface area (Å²) in [5.74, 6) is -0.297. The van der Waals surface area contributed by atoms with Crippen LogP contribution >= 0.6 is 11.8 Å². The highest BCUT2D eigenvalue weighted by Gasteiger charge is 2.31. The van der Waals surface area contributed by atoms with Gasteiger partial charge in [-0.2, -0.15) is 10.2 Å². The van der Waals surface area contributed by atoms with Crippen molar-refractivity contribution < 1.29 is 32.6 Å². The third-order valence-electron chi connectivity index (χ3n) is 16.0. The van der Waals surface area contributed by atoms with Crippen molar-refractivity contribution in [2.45, 2.75) is 97.9 Å². The molecule has 8 aromatic rings. The summed E-state index contributed by atoms with van der Waals surface area (Å²) in [6.07, 6.45) is 10.7. The summed E-state index contributed by atoms with van der Waals surface area (Å²) in [5, 5.41) is 28.8. The van der Waals surface area contributed by atoms with Gasteiger partial charge in [-0.3, -0.25) is 24.8 Å². The first-order chi connectivity index (χ1) is 39.6. The van der Waals surface area contributed by atoms with Gasteiger partial charge in [-0.1, -0.05) is 30.0 Å². The molecule has 4 aliphatic heterocycles. The summed E-state index contributed by atoms with van der Waals surface area (Å²) in [4.78, 5) is 47.4. The third kappa shape index (κ3) is 13.1. The highest BCUT2D eigenvalue weighted by molar-refractivity contribution is 7.99. The second-order valence-corrected chi connectivity index (χ2v) is 22.7. The highest BCUT2D eigenvalue weighted by Crippen LogP contribution is 2.36. The molecular formula is C60H65F2N13O5S. The van der Waals surface area contributed by atoms with Gasteiger partial charge in [0.2, 0.25) is 5.88 Å². The predicted molar refractivity (Wildman–Crippen MR) is 307 cm³/mol. The van der Waals surface area contributed by atoms with Crippen LogP contribution in [0, 0.1) is 11.6 Å². The normalized spacial score (nSPS) is 19.0. The summed E-state index contributed by atoms with van der Waals surface area (Å²) < 4.78 is 46.1. The van der Waals surface area contributed by atoms with Crippen molar-refractivity contribution in [2.24, 2.45) is 0 Å². The topological polar surface area (TPSA) is 212 Å². The molecular weight excluding hydrogens is 1050 g/mol. The van der Waals surface area contributed by atoms with Gasteiger partial charge in [-0.25, -0.2) is 18.7 Å². The quantitative estimate of drug-likeness (QED) is 0.0501. The van der Waals surface area contributed by atoms with Crippen molar-refractivity contribution in [3.8, 4) is 5.88 Å². The molecule has 21 heteroatoms. The lowest BCUT2D eigenvalue weighted by Gasteiger charge is -2.37.